The molecule has 0 bridgehead atoms. The summed E-state index contributed by atoms with van der Waals surface area (Å²) in [5.41, 5.74) is 2.93. The van der Waals surface area contributed by atoms with Gasteiger partial charge in [0.15, 0.2) is 0 Å². The van der Waals surface area contributed by atoms with Crippen LogP contribution < -0.4 is 9.46 Å². The van der Waals surface area contributed by atoms with Crippen molar-refractivity contribution < 1.29 is 13.2 Å². The highest BCUT2D eigenvalue weighted by Crippen LogP contribution is 2.28. The Morgan fingerprint density at radius 1 is 1.00 bits per heavy atom. The van der Waals surface area contributed by atoms with Gasteiger partial charge in [0.1, 0.15) is 0 Å². The lowest BCUT2D eigenvalue weighted by Crippen LogP contribution is -2.18. The molecule has 29 heavy (non-hydrogen) atoms. The molecule has 6 nitrogen and oxygen atoms in total. The zero-order valence-electron chi connectivity index (χ0n) is 17.3. The number of sulfonamides is 1. The van der Waals surface area contributed by atoms with Crippen LogP contribution in [0.4, 0.5) is 5.82 Å². The molecule has 0 aliphatic carbocycles. The lowest BCUT2D eigenvalue weighted by atomic mass is 10.1. The number of ether oxygens (including phenoxy) is 1. The highest BCUT2D eigenvalue weighted by atomic mass is 32.2. The van der Waals surface area contributed by atoms with Gasteiger partial charge in [-0.25, -0.2) is 18.4 Å². The van der Waals surface area contributed by atoms with Crippen molar-refractivity contribution >= 4 is 26.9 Å². The molecule has 1 aromatic heterocycles. The Labute approximate surface area is 172 Å². The normalized spacial score (nSPS) is 11.8. The van der Waals surface area contributed by atoms with Crippen molar-refractivity contribution in [3.8, 4) is 5.88 Å². The zero-order valence-corrected chi connectivity index (χ0v) is 18.1. The van der Waals surface area contributed by atoms with Gasteiger partial charge in [0.25, 0.3) is 15.9 Å². The molecule has 0 radical (unpaired) electrons. The monoisotopic (exact) mass is 413 g/mol. The molecule has 0 saturated carbocycles. The largest absolute Gasteiger partial charge is 0.475 e. The molecule has 0 atom stereocenters. The van der Waals surface area contributed by atoms with Gasteiger partial charge in [-0.05, 0) is 43.5 Å². The SMILES string of the molecule is CCC(CC)COc1nc2ccccc2nc1NS(=O)(=O)c1ccc(C)cc1C. The average molecular weight is 414 g/mol. The molecule has 0 fully saturated rings. The van der Waals surface area contributed by atoms with Crippen molar-refractivity contribution in [2.75, 3.05) is 11.3 Å². The van der Waals surface area contributed by atoms with E-state index in [1.54, 1.807) is 25.1 Å². The first-order valence-corrected chi connectivity index (χ1v) is 11.3. The van der Waals surface area contributed by atoms with Gasteiger partial charge in [0.05, 0.1) is 22.5 Å². The molecule has 0 saturated heterocycles. The van der Waals surface area contributed by atoms with E-state index in [2.05, 4.69) is 28.5 Å². The number of rotatable bonds is 8. The number of fused-ring (bicyclic) bond motifs is 1. The minimum Gasteiger partial charge on any atom is -0.475 e. The smallest absolute Gasteiger partial charge is 0.263 e. The molecule has 0 aliphatic heterocycles. The van der Waals surface area contributed by atoms with Crippen LogP contribution in [-0.4, -0.2) is 25.0 Å². The summed E-state index contributed by atoms with van der Waals surface area (Å²) in [7, 11) is -3.83. The molecule has 0 spiro atoms. The van der Waals surface area contributed by atoms with Gasteiger partial charge in [-0.1, -0.05) is 56.5 Å². The lowest BCUT2D eigenvalue weighted by molar-refractivity contribution is 0.234. The van der Waals surface area contributed by atoms with E-state index < -0.39 is 10.0 Å². The molecule has 0 aliphatic rings. The van der Waals surface area contributed by atoms with Crippen LogP contribution >= 0.6 is 0 Å². The average Bonchev–Trinajstić information content (AvgIpc) is 2.68. The van der Waals surface area contributed by atoms with Crippen LogP contribution in [0.5, 0.6) is 5.88 Å². The van der Waals surface area contributed by atoms with Gasteiger partial charge in [-0.3, -0.25) is 4.72 Å². The third kappa shape index (κ3) is 4.85. The summed E-state index contributed by atoms with van der Waals surface area (Å²) < 4.78 is 34.6. The van der Waals surface area contributed by atoms with Gasteiger partial charge in [0.2, 0.25) is 5.82 Å². The number of benzene rings is 2. The predicted molar refractivity (Wildman–Crippen MR) is 116 cm³/mol. The van der Waals surface area contributed by atoms with Crippen molar-refractivity contribution in [1.82, 2.24) is 9.97 Å². The Kier molecular flexibility index (Phi) is 6.37. The van der Waals surface area contributed by atoms with Crippen molar-refractivity contribution in [2.24, 2.45) is 5.92 Å². The number of nitrogens with one attached hydrogen (secondary N) is 1. The number of anilines is 1. The Bertz CT molecular complexity index is 1110. The summed E-state index contributed by atoms with van der Waals surface area (Å²) in [5.74, 6) is 0.672. The second kappa shape index (κ2) is 8.78. The number of hydrogen-bond donors (Lipinski definition) is 1. The maximum atomic E-state index is 13.0. The fourth-order valence-corrected chi connectivity index (χ4v) is 4.38. The standard InChI is InChI=1S/C22H27N3O3S/c1-5-17(6-2)14-28-22-21(23-18-9-7-8-10-19(18)24-22)25-29(26,27)20-12-11-15(3)13-16(20)4/h7-13,17H,5-6,14H2,1-4H3,(H,23,25). The third-order valence-electron chi connectivity index (χ3n) is 5.00. The summed E-state index contributed by atoms with van der Waals surface area (Å²) in [5, 5.41) is 0. The molecular weight excluding hydrogens is 386 g/mol. The molecular formula is C22H27N3O3S. The number of para-hydroxylation sites is 2. The summed E-state index contributed by atoms with van der Waals surface area (Å²) in [4.78, 5) is 9.22. The molecule has 3 rings (SSSR count). The van der Waals surface area contributed by atoms with Gasteiger partial charge < -0.3 is 4.74 Å². The Balaban J connectivity index is 2.00. The molecule has 154 valence electrons. The van der Waals surface area contributed by atoms with Crippen LogP contribution in [0, 0.1) is 19.8 Å². The number of nitrogens with zero attached hydrogens (tertiary/aromatic N) is 2. The maximum absolute atomic E-state index is 13.0. The van der Waals surface area contributed by atoms with E-state index in [1.807, 2.05) is 31.2 Å². The van der Waals surface area contributed by atoms with Crippen LogP contribution in [-0.2, 0) is 10.0 Å². The van der Waals surface area contributed by atoms with Crippen LogP contribution in [0.3, 0.4) is 0 Å². The Morgan fingerprint density at radius 3 is 2.28 bits per heavy atom. The van der Waals surface area contributed by atoms with Gasteiger partial charge in [0, 0.05) is 0 Å². The van der Waals surface area contributed by atoms with Gasteiger partial charge >= 0.3 is 0 Å². The van der Waals surface area contributed by atoms with Crippen molar-refractivity contribution in [1.29, 1.82) is 0 Å². The molecule has 3 aromatic rings. The van der Waals surface area contributed by atoms with Crippen molar-refractivity contribution in [3.63, 3.8) is 0 Å². The van der Waals surface area contributed by atoms with E-state index in [0.29, 0.717) is 29.1 Å². The topological polar surface area (TPSA) is 81.2 Å². The predicted octanol–water partition coefficient (Wildman–Crippen LogP) is 4.86. The highest BCUT2D eigenvalue weighted by Gasteiger charge is 2.22. The number of aryl methyl sites for hydroxylation is 2. The first kappa shape index (κ1) is 21.0. The van der Waals surface area contributed by atoms with E-state index in [1.165, 1.54) is 0 Å². The molecule has 0 amide bonds. The molecule has 2 aromatic carbocycles. The van der Waals surface area contributed by atoms with Crippen LogP contribution in [0.25, 0.3) is 11.0 Å². The maximum Gasteiger partial charge on any atom is 0.263 e. The molecule has 7 heteroatoms. The molecule has 1 N–H and O–H groups in total. The number of aromatic nitrogens is 2. The second-order valence-electron chi connectivity index (χ2n) is 7.23. The van der Waals surface area contributed by atoms with E-state index in [9.17, 15) is 8.42 Å². The fraction of sp³-hybridized carbons (Fsp3) is 0.364. The Morgan fingerprint density at radius 2 is 1.66 bits per heavy atom. The number of hydrogen-bond acceptors (Lipinski definition) is 5. The summed E-state index contributed by atoms with van der Waals surface area (Å²) >= 11 is 0. The van der Waals surface area contributed by atoms with Crippen LogP contribution in [0.1, 0.15) is 37.8 Å². The first-order chi connectivity index (χ1) is 13.8. The van der Waals surface area contributed by atoms with Crippen LogP contribution in [0.2, 0.25) is 0 Å². The van der Waals surface area contributed by atoms with E-state index in [-0.39, 0.29) is 16.6 Å². The van der Waals surface area contributed by atoms with Crippen LogP contribution in [0.15, 0.2) is 47.4 Å². The quantitative estimate of drug-likeness (QED) is 0.570. The summed E-state index contributed by atoms with van der Waals surface area (Å²) in [6.07, 6.45) is 1.95. The van der Waals surface area contributed by atoms with E-state index in [4.69, 9.17) is 4.74 Å². The molecule has 1 heterocycles. The third-order valence-corrected chi connectivity index (χ3v) is 6.50. The van der Waals surface area contributed by atoms with Gasteiger partial charge in [-0.15, -0.1) is 0 Å². The minimum atomic E-state index is -3.83. The first-order valence-electron chi connectivity index (χ1n) is 9.83. The fourth-order valence-electron chi connectivity index (χ4n) is 3.16. The van der Waals surface area contributed by atoms with E-state index >= 15 is 0 Å². The van der Waals surface area contributed by atoms with Gasteiger partial charge in [-0.2, -0.15) is 0 Å². The highest BCUT2D eigenvalue weighted by molar-refractivity contribution is 7.92. The zero-order chi connectivity index (χ0) is 21.0. The molecule has 0 unspecified atom stereocenters. The summed E-state index contributed by atoms with van der Waals surface area (Å²) in [6.45, 7) is 8.37. The minimum absolute atomic E-state index is 0.106. The van der Waals surface area contributed by atoms with Crippen molar-refractivity contribution in [2.45, 2.75) is 45.4 Å². The lowest BCUT2D eigenvalue weighted by Gasteiger charge is -2.17. The van der Waals surface area contributed by atoms with E-state index in [0.717, 1.165) is 18.4 Å². The second-order valence-corrected chi connectivity index (χ2v) is 8.88. The summed E-state index contributed by atoms with van der Waals surface area (Å²) in [6, 6.07) is 12.5. The van der Waals surface area contributed by atoms with Crippen molar-refractivity contribution in [3.05, 3.63) is 53.6 Å². The Hall–Kier alpha value is -2.67.